The minimum absolute atomic E-state index is 0.104. The van der Waals surface area contributed by atoms with Crippen LogP contribution in [0.1, 0.15) is 41.4 Å². The minimum atomic E-state index is -0.104. The third kappa shape index (κ3) is 4.31. The molecule has 2 aromatic heterocycles. The zero-order valence-corrected chi connectivity index (χ0v) is 16.7. The van der Waals surface area contributed by atoms with E-state index in [2.05, 4.69) is 46.6 Å². The predicted molar refractivity (Wildman–Crippen MR) is 109 cm³/mol. The molecule has 0 aliphatic carbocycles. The zero-order chi connectivity index (χ0) is 18.5. The van der Waals surface area contributed by atoms with Crippen molar-refractivity contribution in [1.29, 1.82) is 0 Å². The van der Waals surface area contributed by atoms with Crippen LogP contribution in [-0.2, 0) is 6.54 Å². The largest absolute Gasteiger partial charge is 0.348 e. The second kappa shape index (κ2) is 8.47. The monoisotopic (exact) mass is 383 g/mol. The molecule has 0 saturated heterocycles. The van der Waals surface area contributed by atoms with Gasteiger partial charge in [-0.15, -0.1) is 23.1 Å². The van der Waals surface area contributed by atoms with Gasteiger partial charge in [0.25, 0.3) is 5.91 Å². The maximum absolute atomic E-state index is 12.4. The van der Waals surface area contributed by atoms with Gasteiger partial charge in [-0.2, -0.15) is 0 Å². The van der Waals surface area contributed by atoms with Gasteiger partial charge in [-0.1, -0.05) is 38.1 Å². The van der Waals surface area contributed by atoms with E-state index < -0.39 is 0 Å². The number of carbonyl (C=O) groups is 1. The highest BCUT2D eigenvalue weighted by atomic mass is 32.2. The van der Waals surface area contributed by atoms with Gasteiger partial charge in [-0.25, -0.2) is 9.97 Å². The summed E-state index contributed by atoms with van der Waals surface area (Å²) in [5.74, 6) is 0.334. The molecule has 0 unspecified atom stereocenters. The number of thiazole rings is 1. The summed E-state index contributed by atoms with van der Waals surface area (Å²) in [6.07, 6.45) is 3.62. The predicted octanol–water partition coefficient (Wildman–Crippen LogP) is 4.98. The molecule has 0 fully saturated rings. The van der Waals surface area contributed by atoms with E-state index in [1.165, 1.54) is 11.8 Å². The summed E-state index contributed by atoms with van der Waals surface area (Å²) in [5.41, 5.74) is 3.90. The summed E-state index contributed by atoms with van der Waals surface area (Å²) in [7, 11) is 0. The number of thioether (sulfide) groups is 1. The minimum Gasteiger partial charge on any atom is -0.348 e. The molecule has 0 spiro atoms. The lowest BCUT2D eigenvalue weighted by Crippen LogP contribution is -2.23. The number of nitrogens with one attached hydrogen (secondary N) is 1. The van der Waals surface area contributed by atoms with Gasteiger partial charge in [0.2, 0.25) is 0 Å². The molecule has 0 bridgehead atoms. The third-order valence-electron chi connectivity index (χ3n) is 3.98. The van der Waals surface area contributed by atoms with Crippen molar-refractivity contribution in [2.75, 3.05) is 6.26 Å². The number of pyridine rings is 1. The molecule has 4 nitrogen and oxygen atoms in total. The molecule has 26 heavy (non-hydrogen) atoms. The Hall–Kier alpha value is -2.18. The molecule has 0 atom stereocenters. The molecule has 0 aliphatic heterocycles. The Morgan fingerprint density at radius 1 is 1.23 bits per heavy atom. The maximum Gasteiger partial charge on any atom is 0.254 e. The van der Waals surface area contributed by atoms with Gasteiger partial charge >= 0.3 is 0 Å². The SMILES string of the molecule is CSc1ncccc1C(=O)NCc1ccc(-c2nc(C(C)C)cs2)cc1. The van der Waals surface area contributed by atoms with Crippen molar-refractivity contribution in [3.8, 4) is 10.6 Å². The summed E-state index contributed by atoms with van der Waals surface area (Å²) in [4.78, 5) is 21.3. The molecule has 1 amide bonds. The topological polar surface area (TPSA) is 54.9 Å². The number of benzene rings is 1. The molecular weight excluding hydrogens is 362 g/mol. The Labute approximate surface area is 162 Å². The first-order chi connectivity index (χ1) is 12.6. The number of aromatic nitrogens is 2. The van der Waals surface area contributed by atoms with Crippen molar-refractivity contribution in [3.63, 3.8) is 0 Å². The van der Waals surface area contributed by atoms with E-state index in [9.17, 15) is 4.79 Å². The van der Waals surface area contributed by atoms with Crippen molar-refractivity contribution >= 4 is 29.0 Å². The average molecular weight is 384 g/mol. The Balaban J connectivity index is 1.65. The van der Waals surface area contributed by atoms with Crippen LogP contribution in [0, 0.1) is 0 Å². The van der Waals surface area contributed by atoms with Crippen LogP contribution in [0.4, 0.5) is 0 Å². The smallest absolute Gasteiger partial charge is 0.254 e. The third-order valence-corrected chi connectivity index (χ3v) is 5.60. The van der Waals surface area contributed by atoms with Gasteiger partial charge in [0.05, 0.1) is 11.3 Å². The van der Waals surface area contributed by atoms with Crippen LogP contribution < -0.4 is 5.32 Å². The number of hydrogen-bond donors (Lipinski definition) is 1. The molecule has 0 radical (unpaired) electrons. The van der Waals surface area contributed by atoms with Crippen LogP contribution in [-0.4, -0.2) is 22.1 Å². The summed E-state index contributed by atoms with van der Waals surface area (Å²) in [6, 6.07) is 11.8. The van der Waals surface area contributed by atoms with E-state index in [1.54, 1.807) is 29.7 Å². The average Bonchev–Trinajstić information content (AvgIpc) is 3.17. The highest BCUT2D eigenvalue weighted by Gasteiger charge is 2.11. The first-order valence-electron chi connectivity index (χ1n) is 8.40. The molecule has 0 aliphatic rings. The quantitative estimate of drug-likeness (QED) is 0.610. The second-order valence-electron chi connectivity index (χ2n) is 6.17. The Kier molecular flexibility index (Phi) is 6.06. The first kappa shape index (κ1) is 18.6. The standard InChI is InChI=1S/C20H21N3OS2/c1-13(2)17-12-26-19(23-17)15-8-6-14(7-9-15)11-22-18(24)16-5-4-10-21-20(16)25-3/h4-10,12-13H,11H2,1-3H3,(H,22,24). The molecule has 134 valence electrons. The lowest BCUT2D eigenvalue weighted by atomic mass is 10.1. The van der Waals surface area contributed by atoms with Crippen molar-refractivity contribution in [3.05, 3.63) is 64.8 Å². The van der Waals surface area contributed by atoms with Crippen LogP contribution in [0.25, 0.3) is 10.6 Å². The first-order valence-corrected chi connectivity index (χ1v) is 10.5. The van der Waals surface area contributed by atoms with E-state index in [4.69, 9.17) is 0 Å². The fraction of sp³-hybridized carbons (Fsp3) is 0.250. The van der Waals surface area contributed by atoms with Crippen LogP contribution in [0.3, 0.4) is 0 Å². The molecular formula is C20H21N3OS2. The number of amides is 1. The Morgan fingerprint density at radius 2 is 2.00 bits per heavy atom. The van der Waals surface area contributed by atoms with Gasteiger partial charge in [0.1, 0.15) is 10.0 Å². The van der Waals surface area contributed by atoms with Crippen molar-refractivity contribution < 1.29 is 4.79 Å². The molecule has 3 rings (SSSR count). The van der Waals surface area contributed by atoms with Gasteiger partial charge in [-0.05, 0) is 29.9 Å². The van der Waals surface area contributed by atoms with Crippen molar-refractivity contribution in [1.82, 2.24) is 15.3 Å². The molecule has 1 N–H and O–H groups in total. The van der Waals surface area contributed by atoms with Gasteiger partial charge < -0.3 is 5.32 Å². The fourth-order valence-corrected chi connectivity index (χ4v) is 3.99. The van der Waals surface area contributed by atoms with E-state index >= 15 is 0 Å². The van der Waals surface area contributed by atoms with E-state index in [-0.39, 0.29) is 5.91 Å². The highest BCUT2D eigenvalue weighted by molar-refractivity contribution is 7.98. The van der Waals surface area contributed by atoms with Crippen LogP contribution in [0.5, 0.6) is 0 Å². The van der Waals surface area contributed by atoms with Crippen molar-refractivity contribution in [2.45, 2.75) is 31.3 Å². The summed E-state index contributed by atoms with van der Waals surface area (Å²) in [5, 5.41) is 6.85. The maximum atomic E-state index is 12.4. The summed E-state index contributed by atoms with van der Waals surface area (Å²) < 4.78 is 0. The van der Waals surface area contributed by atoms with Gasteiger partial charge in [0, 0.05) is 23.7 Å². The zero-order valence-electron chi connectivity index (χ0n) is 15.0. The number of nitrogens with zero attached hydrogens (tertiary/aromatic N) is 2. The number of hydrogen-bond acceptors (Lipinski definition) is 5. The van der Waals surface area contributed by atoms with Gasteiger partial charge in [0.15, 0.2) is 0 Å². The fourth-order valence-electron chi connectivity index (χ4n) is 2.45. The highest BCUT2D eigenvalue weighted by Crippen LogP contribution is 2.27. The Morgan fingerprint density at radius 3 is 2.65 bits per heavy atom. The molecule has 2 heterocycles. The van der Waals surface area contributed by atoms with Crippen LogP contribution >= 0.6 is 23.1 Å². The normalized spacial score (nSPS) is 10.9. The number of carbonyl (C=O) groups excluding carboxylic acids is 1. The lowest BCUT2D eigenvalue weighted by molar-refractivity contribution is 0.0947. The van der Waals surface area contributed by atoms with Crippen LogP contribution in [0.15, 0.2) is 53.0 Å². The molecule has 6 heteroatoms. The number of rotatable bonds is 6. The lowest BCUT2D eigenvalue weighted by Gasteiger charge is -2.08. The van der Waals surface area contributed by atoms with E-state index in [0.717, 1.165) is 26.9 Å². The van der Waals surface area contributed by atoms with Gasteiger partial charge in [-0.3, -0.25) is 4.79 Å². The van der Waals surface area contributed by atoms with E-state index in [0.29, 0.717) is 18.0 Å². The molecule has 1 aromatic carbocycles. The van der Waals surface area contributed by atoms with Crippen molar-refractivity contribution in [2.24, 2.45) is 0 Å². The van der Waals surface area contributed by atoms with E-state index in [1.807, 2.05) is 18.4 Å². The second-order valence-corrected chi connectivity index (χ2v) is 7.83. The summed E-state index contributed by atoms with van der Waals surface area (Å²) >= 11 is 3.14. The summed E-state index contributed by atoms with van der Waals surface area (Å²) in [6.45, 7) is 4.78. The molecule has 0 saturated carbocycles. The van der Waals surface area contributed by atoms with Crippen LogP contribution in [0.2, 0.25) is 0 Å². The molecule has 3 aromatic rings. The Bertz CT molecular complexity index is 888.